The molecular weight excluding hydrogens is 329 g/mol. The molecule has 7 heteroatoms. The number of nitrogens with two attached hydrogens (primary N) is 1. The molecule has 0 aliphatic carbocycles. The maximum absolute atomic E-state index is 12.0. The maximum Gasteiger partial charge on any atom is 0.253 e. The minimum absolute atomic E-state index is 0. The van der Waals surface area contributed by atoms with Crippen LogP contribution in [0.25, 0.3) is 11.3 Å². The number of thiophene rings is 1. The van der Waals surface area contributed by atoms with Crippen molar-refractivity contribution in [3.63, 3.8) is 0 Å². The highest BCUT2D eigenvalue weighted by atomic mass is 35.5. The first kappa shape index (κ1) is 19.9. The molecule has 0 saturated heterocycles. The molecule has 0 aromatic carbocycles. The summed E-state index contributed by atoms with van der Waals surface area (Å²) < 4.78 is 0. The molecule has 0 aliphatic heterocycles. The zero-order valence-corrected chi connectivity index (χ0v) is 14.3. The number of aryl methyl sites for hydroxylation is 1. The number of amides is 1. The number of rotatable bonds is 4. The molecule has 0 unspecified atom stereocenters. The van der Waals surface area contributed by atoms with Gasteiger partial charge in [0.05, 0.1) is 17.0 Å². The van der Waals surface area contributed by atoms with Gasteiger partial charge in [0.15, 0.2) is 0 Å². The number of halogens is 2. The first-order valence-corrected chi connectivity index (χ1v) is 7.07. The van der Waals surface area contributed by atoms with Crippen molar-refractivity contribution in [3.05, 3.63) is 40.2 Å². The third-order valence-corrected chi connectivity index (χ3v) is 3.56. The summed E-state index contributed by atoms with van der Waals surface area (Å²) >= 11 is 1.63. The highest BCUT2D eigenvalue weighted by molar-refractivity contribution is 7.08. The summed E-state index contributed by atoms with van der Waals surface area (Å²) in [6.45, 7) is 4.14. The monoisotopic (exact) mass is 347 g/mol. The lowest BCUT2D eigenvalue weighted by Gasteiger charge is -2.12. The van der Waals surface area contributed by atoms with Gasteiger partial charge in [0.1, 0.15) is 0 Å². The zero-order chi connectivity index (χ0) is 13.8. The molecule has 0 radical (unpaired) electrons. The van der Waals surface area contributed by atoms with Crippen LogP contribution in [0.1, 0.15) is 23.0 Å². The summed E-state index contributed by atoms with van der Waals surface area (Å²) in [6, 6.07) is 5.66. The Hall–Kier alpha value is -1.14. The molecule has 1 amide bonds. The quantitative estimate of drug-likeness (QED) is 0.892. The number of pyridine rings is 1. The molecule has 2 rings (SSSR count). The normalized spacial score (nSPS) is 11.0. The number of aromatic nitrogens is 1. The second-order valence-corrected chi connectivity index (χ2v) is 5.23. The van der Waals surface area contributed by atoms with Gasteiger partial charge in [-0.25, -0.2) is 0 Å². The van der Waals surface area contributed by atoms with Gasteiger partial charge in [-0.15, -0.1) is 24.8 Å². The molecule has 21 heavy (non-hydrogen) atoms. The van der Waals surface area contributed by atoms with Gasteiger partial charge in [0.2, 0.25) is 0 Å². The van der Waals surface area contributed by atoms with E-state index in [1.165, 1.54) is 0 Å². The van der Waals surface area contributed by atoms with E-state index >= 15 is 0 Å². The van der Waals surface area contributed by atoms with Crippen molar-refractivity contribution in [1.82, 2.24) is 10.3 Å². The molecule has 0 aliphatic rings. The molecule has 0 saturated carbocycles. The van der Waals surface area contributed by atoms with Gasteiger partial charge in [0, 0.05) is 23.5 Å². The Bertz CT molecular complexity index is 576. The van der Waals surface area contributed by atoms with E-state index in [1.54, 1.807) is 11.3 Å². The minimum atomic E-state index is -0.125. The number of hydrogen-bond donors (Lipinski definition) is 2. The Kier molecular flexibility index (Phi) is 8.51. The predicted octanol–water partition coefficient (Wildman–Crippen LogP) is 3.04. The Labute approximate surface area is 141 Å². The van der Waals surface area contributed by atoms with E-state index in [9.17, 15) is 4.79 Å². The zero-order valence-electron chi connectivity index (χ0n) is 11.8. The van der Waals surface area contributed by atoms with Gasteiger partial charge in [0.25, 0.3) is 5.91 Å². The summed E-state index contributed by atoms with van der Waals surface area (Å²) in [4.78, 5) is 16.5. The molecule has 3 N–H and O–H groups in total. The van der Waals surface area contributed by atoms with Crippen LogP contribution in [0.15, 0.2) is 29.0 Å². The lowest BCUT2D eigenvalue weighted by atomic mass is 10.1. The average molecular weight is 348 g/mol. The van der Waals surface area contributed by atoms with Crippen LogP contribution >= 0.6 is 36.2 Å². The van der Waals surface area contributed by atoms with E-state index in [4.69, 9.17) is 5.73 Å². The highest BCUT2D eigenvalue weighted by Gasteiger charge is 2.13. The van der Waals surface area contributed by atoms with Crippen LogP contribution in [0.5, 0.6) is 0 Å². The van der Waals surface area contributed by atoms with Crippen LogP contribution in [-0.4, -0.2) is 23.5 Å². The summed E-state index contributed by atoms with van der Waals surface area (Å²) in [5.41, 5.74) is 8.79. The topological polar surface area (TPSA) is 68.0 Å². The molecule has 4 nitrogen and oxygen atoms in total. The van der Waals surface area contributed by atoms with Gasteiger partial charge in [-0.05, 0) is 37.4 Å². The minimum Gasteiger partial charge on any atom is -0.348 e. The summed E-state index contributed by atoms with van der Waals surface area (Å²) in [6.07, 6.45) is 0. The number of carbonyl (C=O) groups is 1. The fraction of sp³-hybridized carbons (Fsp3) is 0.286. The van der Waals surface area contributed by atoms with Crippen molar-refractivity contribution in [3.8, 4) is 11.3 Å². The van der Waals surface area contributed by atoms with Crippen molar-refractivity contribution in [2.24, 2.45) is 5.73 Å². The molecule has 2 aromatic rings. The van der Waals surface area contributed by atoms with E-state index in [1.807, 2.05) is 42.8 Å². The van der Waals surface area contributed by atoms with Gasteiger partial charge in [-0.1, -0.05) is 0 Å². The number of carbonyl (C=O) groups excluding carboxylic acids is 1. The first-order valence-electron chi connectivity index (χ1n) is 6.13. The van der Waals surface area contributed by atoms with Crippen LogP contribution < -0.4 is 11.1 Å². The predicted molar refractivity (Wildman–Crippen MR) is 92.8 cm³/mol. The largest absolute Gasteiger partial charge is 0.348 e. The molecule has 1 atom stereocenters. The number of nitrogens with zero attached hydrogens (tertiary/aromatic N) is 1. The van der Waals surface area contributed by atoms with Crippen molar-refractivity contribution < 1.29 is 4.79 Å². The molecule has 2 heterocycles. The summed E-state index contributed by atoms with van der Waals surface area (Å²) in [5, 5.41) is 6.89. The van der Waals surface area contributed by atoms with E-state index in [2.05, 4.69) is 10.3 Å². The number of nitrogens with one attached hydrogen (secondary N) is 1. The maximum atomic E-state index is 12.0. The third kappa shape index (κ3) is 4.97. The van der Waals surface area contributed by atoms with E-state index in [-0.39, 0.29) is 36.8 Å². The van der Waals surface area contributed by atoms with E-state index in [0.29, 0.717) is 12.1 Å². The second-order valence-electron chi connectivity index (χ2n) is 4.45. The van der Waals surface area contributed by atoms with Crippen LogP contribution in [-0.2, 0) is 0 Å². The van der Waals surface area contributed by atoms with E-state index in [0.717, 1.165) is 17.0 Å². The van der Waals surface area contributed by atoms with Gasteiger partial charge in [-0.2, -0.15) is 11.3 Å². The van der Waals surface area contributed by atoms with Gasteiger partial charge >= 0.3 is 0 Å². The Balaban J connectivity index is 0.00000200. The fourth-order valence-corrected chi connectivity index (χ4v) is 2.38. The van der Waals surface area contributed by atoms with Gasteiger partial charge in [-0.3, -0.25) is 9.78 Å². The van der Waals surface area contributed by atoms with Crippen LogP contribution in [0.4, 0.5) is 0 Å². The smallest absolute Gasteiger partial charge is 0.253 e. The Morgan fingerprint density at radius 2 is 2.10 bits per heavy atom. The molecule has 116 valence electrons. The Morgan fingerprint density at radius 3 is 2.62 bits per heavy atom. The SMILES string of the molecule is Cc1nc(-c2ccsc2)ccc1C(=O)N[C@@H](C)CN.Cl.Cl. The van der Waals surface area contributed by atoms with Crippen molar-refractivity contribution >= 4 is 42.1 Å². The lowest BCUT2D eigenvalue weighted by molar-refractivity contribution is 0.0940. The molecule has 0 bridgehead atoms. The molecule has 0 fully saturated rings. The molecular formula is C14H19Cl2N3OS. The van der Waals surface area contributed by atoms with Crippen molar-refractivity contribution in [2.45, 2.75) is 19.9 Å². The fourth-order valence-electron chi connectivity index (χ4n) is 1.73. The molecule has 0 spiro atoms. The van der Waals surface area contributed by atoms with Crippen molar-refractivity contribution in [1.29, 1.82) is 0 Å². The van der Waals surface area contributed by atoms with Crippen LogP contribution in [0.3, 0.4) is 0 Å². The third-order valence-electron chi connectivity index (χ3n) is 2.88. The highest BCUT2D eigenvalue weighted by Crippen LogP contribution is 2.21. The van der Waals surface area contributed by atoms with Crippen LogP contribution in [0, 0.1) is 6.92 Å². The number of hydrogen-bond acceptors (Lipinski definition) is 4. The second kappa shape index (κ2) is 9.00. The van der Waals surface area contributed by atoms with Crippen LogP contribution in [0.2, 0.25) is 0 Å². The standard InChI is InChI=1S/C14H17N3OS.2ClH/c1-9(7-15)16-14(18)12-3-4-13(17-10(12)2)11-5-6-19-8-11;;/h3-6,8-9H,7,15H2,1-2H3,(H,16,18);2*1H/t9-;;/m0../s1. The van der Waals surface area contributed by atoms with Crippen molar-refractivity contribution in [2.75, 3.05) is 6.54 Å². The lowest BCUT2D eigenvalue weighted by Crippen LogP contribution is -2.38. The molecule has 2 aromatic heterocycles. The summed E-state index contributed by atoms with van der Waals surface area (Å²) in [5.74, 6) is -0.125. The first-order chi connectivity index (χ1) is 9.11. The Morgan fingerprint density at radius 1 is 1.38 bits per heavy atom. The average Bonchev–Trinajstić information content (AvgIpc) is 2.92. The van der Waals surface area contributed by atoms with Gasteiger partial charge < -0.3 is 11.1 Å². The summed E-state index contributed by atoms with van der Waals surface area (Å²) in [7, 11) is 0. The van der Waals surface area contributed by atoms with E-state index < -0.39 is 0 Å².